The maximum absolute atomic E-state index is 6.35. The Morgan fingerprint density at radius 3 is 2.06 bits per heavy atom. The van der Waals surface area contributed by atoms with Gasteiger partial charge >= 0.3 is 0 Å². The highest BCUT2D eigenvalue weighted by Crippen LogP contribution is 2.37. The Bertz CT molecular complexity index is 199. The molecule has 0 spiro atoms. The molecule has 1 nitrogen and oxygen atoms in total. The summed E-state index contributed by atoms with van der Waals surface area (Å²) in [5.41, 5.74) is 0. The fourth-order valence-electron chi connectivity index (χ4n) is 1.62. The van der Waals surface area contributed by atoms with E-state index in [4.69, 9.17) is 4.43 Å². The molecule has 0 aliphatic carbocycles. The van der Waals surface area contributed by atoms with Crippen LogP contribution in [0.2, 0.25) is 18.1 Å². The van der Waals surface area contributed by atoms with E-state index in [0.717, 1.165) is 0 Å². The molecule has 0 bridgehead atoms. The minimum atomic E-state index is -1.54. The summed E-state index contributed by atoms with van der Waals surface area (Å²) in [4.78, 5) is 0. The van der Waals surface area contributed by atoms with Crippen LogP contribution in [-0.2, 0) is 4.43 Å². The van der Waals surface area contributed by atoms with E-state index in [-0.39, 0.29) is 0 Å². The van der Waals surface area contributed by atoms with E-state index in [1.54, 1.807) is 0 Å². The molecule has 0 saturated carbocycles. The van der Waals surface area contributed by atoms with Gasteiger partial charge in [-0.2, -0.15) is 0 Å². The first-order chi connectivity index (χ1) is 7.70. The Hall–Kier alpha value is 0.907. The van der Waals surface area contributed by atoms with E-state index in [0.29, 0.717) is 11.1 Å². The molecule has 1 atom stereocenters. The van der Waals surface area contributed by atoms with Crippen molar-refractivity contribution >= 4 is 30.9 Å². The number of hydrogen-bond donors (Lipinski definition) is 0. The molecule has 1 unspecified atom stereocenters. The average Bonchev–Trinajstić information content (AvgIpc) is 2.14. The first kappa shape index (κ1) is 17.9. The van der Waals surface area contributed by atoms with Crippen LogP contribution in [0, 0.1) is 0 Å². The first-order valence-corrected chi connectivity index (χ1v) is 11.4. The highest BCUT2D eigenvalue weighted by molar-refractivity contribution is 14.1. The minimum Gasteiger partial charge on any atom is -0.414 e. The summed E-state index contributed by atoms with van der Waals surface area (Å²) < 4.78 is 7.65. The lowest BCUT2D eigenvalue weighted by molar-refractivity contribution is 0.185. The lowest BCUT2D eigenvalue weighted by Gasteiger charge is -2.38. The van der Waals surface area contributed by atoms with Gasteiger partial charge in [0, 0.05) is 6.10 Å². The van der Waals surface area contributed by atoms with E-state index in [2.05, 4.69) is 63.4 Å². The first-order valence-electron chi connectivity index (χ1n) is 6.94. The van der Waals surface area contributed by atoms with Gasteiger partial charge in [-0.25, -0.2) is 0 Å². The summed E-state index contributed by atoms with van der Waals surface area (Å²) in [6, 6.07) is 0. The molecular formula is C14H31IOSi. The topological polar surface area (TPSA) is 9.23 Å². The van der Waals surface area contributed by atoms with Crippen molar-refractivity contribution in [2.75, 3.05) is 4.43 Å². The summed E-state index contributed by atoms with van der Waals surface area (Å²) in [6.45, 7) is 13.9. The molecule has 0 aromatic carbocycles. The second kappa shape index (κ2) is 8.15. The van der Waals surface area contributed by atoms with Gasteiger partial charge in [-0.15, -0.1) is 0 Å². The highest BCUT2D eigenvalue weighted by Gasteiger charge is 2.38. The van der Waals surface area contributed by atoms with Crippen LogP contribution < -0.4 is 0 Å². The second-order valence-electron chi connectivity index (χ2n) is 6.58. The SMILES string of the molecule is CC(CCCCCCI)O[Si](C)(C)C(C)(C)C. The largest absolute Gasteiger partial charge is 0.414 e. The smallest absolute Gasteiger partial charge is 0.192 e. The Morgan fingerprint density at radius 2 is 1.59 bits per heavy atom. The Labute approximate surface area is 123 Å². The van der Waals surface area contributed by atoms with E-state index in [1.165, 1.54) is 36.5 Å². The normalized spacial score (nSPS) is 15.0. The zero-order chi connectivity index (χ0) is 13.5. The number of halogens is 1. The lowest BCUT2D eigenvalue weighted by atomic mass is 10.1. The molecule has 104 valence electrons. The van der Waals surface area contributed by atoms with Crippen LogP contribution in [-0.4, -0.2) is 18.8 Å². The molecule has 0 heterocycles. The maximum Gasteiger partial charge on any atom is 0.192 e. The summed E-state index contributed by atoms with van der Waals surface area (Å²) in [5, 5.41) is 0.336. The van der Waals surface area contributed by atoms with Crippen molar-refractivity contribution in [1.29, 1.82) is 0 Å². The van der Waals surface area contributed by atoms with Gasteiger partial charge in [0.25, 0.3) is 0 Å². The molecule has 3 heteroatoms. The average molecular weight is 370 g/mol. The van der Waals surface area contributed by atoms with Gasteiger partial charge in [0.15, 0.2) is 8.32 Å². The van der Waals surface area contributed by atoms with Gasteiger partial charge in [-0.1, -0.05) is 62.6 Å². The van der Waals surface area contributed by atoms with Crippen LogP contribution in [0.1, 0.15) is 59.8 Å². The third kappa shape index (κ3) is 7.83. The number of rotatable bonds is 8. The second-order valence-corrected chi connectivity index (χ2v) is 12.4. The fourth-order valence-corrected chi connectivity index (χ4v) is 3.64. The van der Waals surface area contributed by atoms with Crippen molar-refractivity contribution in [1.82, 2.24) is 0 Å². The standard InChI is InChI=1S/C14H31IOSi/c1-13(11-9-7-8-10-12-15)16-17(5,6)14(2,3)4/h13H,7-12H2,1-6H3. The van der Waals surface area contributed by atoms with Gasteiger partial charge in [0.05, 0.1) is 0 Å². The molecule has 0 saturated heterocycles. The van der Waals surface area contributed by atoms with Crippen LogP contribution in [0.4, 0.5) is 0 Å². The molecule has 0 aromatic heterocycles. The van der Waals surface area contributed by atoms with Crippen LogP contribution >= 0.6 is 22.6 Å². The van der Waals surface area contributed by atoms with Crippen molar-refractivity contribution in [3.8, 4) is 0 Å². The third-order valence-corrected chi connectivity index (χ3v) is 9.16. The van der Waals surface area contributed by atoms with Crippen molar-refractivity contribution in [2.45, 2.75) is 84.0 Å². The van der Waals surface area contributed by atoms with Crippen LogP contribution in [0.5, 0.6) is 0 Å². The molecule has 0 radical (unpaired) electrons. The van der Waals surface area contributed by atoms with Crippen LogP contribution in [0.15, 0.2) is 0 Å². The quantitative estimate of drug-likeness (QED) is 0.228. The van der Waals surface area contributed by atoms with E-state index in [9.17, 15) is 0 Å². The molecule has 0 amide bonds. The van der Waals surface area contributed by atoms with Gasteiger partial charge in [-0.05, 0) is 42.3 Å². The minimum absolute atomic E-state index is 0.336. The van der Waals surface area contributed by atoms with Crippen LogP contribution in [0.3, 0.4) is 0 Å². The van der Waals surface area contributed by atoms with Crippen molar-refractivity contribution < 1.29 is 4.43 Å². The summed E-state index contributed by atoms with van der Waals surface area (Å²) in [5.74, 6) is 0. The zero-order valence-corrected chi connectivity index (χ0v) is 15.8. The molecule has 0 aliphatic heterocycles. The fraction of sp³-hybridized carbons (Fsp3) is 1.00. The van der Waals surface area contributed by atoms with E-state index < -0.39 is 8.32 Å². The number of hydrogen-bond acceptors (Lipinski definition) is 1. The summed E-state index contributed by atoms with van der Waals surface area (Å²) >= 11 is 2.46. The van der Waals surface area contributed by atoms with Crippen LogP contribution in [0.25, 0.3) is 0 Å². The zero-order valence-electron chi connectivity index (χ0n) is 12.6. The molecule has 0 fully saturated rings. The molecule has 0 aliphatic rings. The summed E-state index contributed by atoms with van der Waals surface area (Å²) in [6.07, 6.45) is 7.12. The highest BCUT2D eigenvalue weighted by atomic mass is 127. The Kier molecular flexibility index (Phi) is 8.59. The van der Waals surface area contributed by atoms with Crippen molar-refractivity contribution in [3.63, 3.8) is 0 Å². The Morgan fingerprint density at radius 1 is 1.06 bits per heavy atom. The van der Waals surface area contributed by atoms with E-state index >= 15 is 0 Å². The van der Waals surface area contributed by atoms with Gasteiger partial charge in [0.2, 0.25) is 0 Å². The monoisotopic (exact) mass is 370 g/mol. The third-order valence-electron chi connectivity index (χ3n) is 3.80. The van der Waals surface area contributed by atoms with E-state index in [1.807, 2.05) is 0 Å². The van der Waals surface area contributed by atoms with Gasteiger partial charge in [-0.3, -0.25) is 0 Å². The molecule has 0 rings (SSSR count). The maximum atomic E-state index is 6.35. The van der Waals surface area contributed by atoms with Crippen molar-refractivity contribution in [2.24, 2.45) is 0 Å². The molecule has 0 N–H and O–H groups in total. The lowest BCUT2D eigenvalue weighted by Crippen LogP contribution is -2.43. The molecule has 17 heavy (non-hydrogen) atoms. The number of alkyl halides is 1. The Balaban J connectivity index is 3.82. The van der Waals surface area contributed by atoms with Crippen molar-refractivity contribution in [3.05, 3.63) is 0 Å². The predicted molar refractivity (Wildman–Crippen MR) is 89.7 cm³/mol. The molecular weight excluding hydrogens is 339 g/mol. The number of unbranched alkanes of at least 4 members (excludes halogenated alkanes) is 3. The van der Waals surface area contributed by atoms with Gasteiger partial charge in [0.1, 0.15) is 0 Å². The van der Waals surface area contributed by atoms with Gasteiger partial charge < -0.3 is 4.43 Å². The summed E-state index contributed by atoms with van der Waals surface area (Å²) in [7, 11) is -1.54. The predicted octanol–water partition coefficient (Wildman–Crippen LogP) is 5.78. The molecule has 0 aromatic rings.